The Kier molecular flexibility index (Phi) is 7.45. The molecule has 0 saturated carbocycles. The quantitative estimate of drug-likeness (QED) is 0.418. The number of aliphatic hydroxyl groups is 1. The fourth-order valence-corrected chi connectivity index (χ4v) is 4.41. The maximum Gasteiger partial charge on any atom is 0.309 e. The Hall–Kier alpha value is -4.04. The number of pyridine rings is 1. The van der Waals surface area contributed by atoms with Crippen LogP contribution in [-0.2, 0) is 11.2 Å². The van der Waals surface area contributed by atoms with Gasteiger partial charge in [-0.1, -0.05) is 35.9 Å². The number of carboxylic acid groups (broad SMARTS) is 1. The number of methoxy groups -OCH3 is 1. The van der Waals surface area contributed by atoms with Crippen LogP contribution in [0.4, 0.5) is 0 Å². The third-order valence-electron chi connectivity index (χ3n) is 6.53. The van der Waals surface area contributed by atoms with Crippen molar-refractivity contribution in [3.8, 4) is 17.0 Å². The Morgan fingerprint density at radius 3 is 2.31 bits per heavy atom. The summed E-state index contributed by atoms with van der Waals surface area (Å²) in [5, 5.41) is 20.3. The number of imide groups is 1. The molecule has 0 aliphatic carbocycles. The molecule has 1 aliphatic rings. The van der Waals surface area contributed by atoms with Gasteiger partial charge in [-0.2, -0.15) is 0 Å². The molecular formula is C28H28N2O6. The summed E-state index contributed by atoms with van der Waals surface area (Å²) in [6.45, 7) is 1.77. The number of carboxylic acids is 1. The van der Waals surface area contributed by atoms with Crippen molar-refractivity contribution in [2.75, 3.05) is 13.7 Å². The van der Waals surface area contributed by atoms with Crippen molar-refractivity contribution in [3.63, 3.8) is 0 Å². The molecule has 2 N–H and O–H groups in total. The molecule has 1 aliphatic heterocycles. The number of hydrogen-bond acceptors (Lipinski definition) is 6. The molecule has 2 aromatic carbocycles. The molecule has 0 fully saturated rings. The zero-order chi connectivity index (χ0) is 25.8. The normalized spacial score (nSPS) is 14.5. The van der Waals surface area contributed by atoms with Gasteiger partial charge < -0.3 is 14.9 Å². The van der Waals surface area contributed by atoms with Gasteiger partial charge >= 0.3 is 5.97 Å². The zero-order valence-electron chi connectivity index (χ0n) is 20.2. The molecule has 3 aromatic rings. The monoisotopic (exact) mass is 488 g/mol. The summed E-state index contributed by atoms with van der Waals surface area (Å²) in [5.74, 6) is -2.57. The van der Waals surface area contributed by atoms with Gasteiger partial charge in [-0.05, 0) is 55.5 Å². The molecule has 0 radical (unpaired) electrons. The maximum atomic E-state index is 12.7. The highest BCUT2D eigenvalue weighted by Crippen LogP contribution is 2.26. The third kappa shape index (κ3) is 5.28. The fraction of sp³-hybridized carbons (Fsp3) is 0.286. The number of aryl methyl sites for hydroxylation is 2. The maximum absolute atomic E-state index is 12.7. The van der Waals surface area contributed by atoms with Crippen LogP contribution < -0.4 is 4.74 Å². The van der Waals surface area contributed by atoms with Crippen LogP contribution >= 0.6 is 0 Å². The van der Waals surface area contributed by atoms with Crippen LogP contribution in [0, 0.1) is 12.8 Å². The molecule has 2 amide bonds. The van der Waals surface area contributed by atoms with Gasteiger partial charge in [0.2, 0.25) is 5.88 Å². The van der Waals surface area contributed by atoms with Crippen molar-refractivity contribution < 1.29 is 29.3 Å². The summed E-state index contributed by atoms with van der Waals surface area (Å²) in [4.78, 5) is 42.4. The minimum atomic E-state index is -1.16. The van der Waals surface area contributed by atoms with Gasteiger partial charge in [0.05, 0.1) is 30.3 Å². The van der Waals surface area contributed by atoms with Crippen molar-refractivity contribution in [2.24, 2.45) is 5.92 Å². The highest BCUT2D eigenvalue weighted by molar-refractivity contribution is 6.21. The molecule has 8 heteroatoms. The number of fused-ring (bicyclic) bond motifs is 1. The minimum Gasteiger partial charge on any atom is -0.481 e. The second-order valence-corrected chi connectivity index (χ2v) is 8.94. The number of ether oxygens (including phenoxy) is 1. The first-order chi connectivity index (χ1) is 17.3. The average molecular weight is 489 g/mol. The molecule has 1 unspecified atom stereocenters. The van der Waals surface area contributed by atoms with E-state index in [2.05, 4.69) is 4.98 Å². The lowest BCUT2D eigenvalue weighted by atomic mass is 9.93. The highest BCUT2D eigenvalue weighted by Gasteiger charge is 2.37. The van der Waals surface area contributed by atoms with E-state index in [1.165, 1.54) is 0 Å². The standard InChI is InChI=1S/C28H28N2O6/c1-17-3-10-21-23(15-17)27(33)30(26(21)32)14-13-22(28(34)35)24(31)11-6-18-4-7-19(8-5-18)20-9-12-25(36-2)29-16-20/h3-5,7-10,12,15-16,22,24,31H,6,11,13-14H2,1-2H3,(H,34,35)/t22?,24-/m1/s1. The molecule has 8 nitrogen and oxygen atoms in total. The van der Waals surface area contributed by atoms with Crippen molar-refractivity contribution >= 4 is 17.8 Å². The van der Waals surface area contributed by atoms with Crippen molar-refractivity contribution in [2.45, 2.75) is 32.3 Å². The minimum absolute atomic E-state index is 0.0235. The zero-order valence-corrected chi connectivity index (χ0v) is 20.2. The summed E-state index contributed by atoms with van der Waals surface area (Å²) in [7, 11) is 1.56. The number of rotatable bonds is 10. The van der Waals surface area contributed by atoms with E-state index in [-0.39, 0.29) is 19.4 Å². The van der Waals surface area contributed by atoms with Crippen molar-refractivity contribution in [1.29, 1.82) is 0 Å². The Balaban J connectivity index is 1.34. The average Bonchev–Trinajstić information content (AvgIpc) is 3.11. The van der Waals surface area contributed by atoms with E-state index in [4.69, 9.17) is 4.74 Å². The van der Waals surface area contributed by atoms with E-state index in [1.807, 2.05) is 37.3 Å². The number of aliphatic hydroxyl groups excluding tert-OH is 1. The van der Waals surface area contributed by atoms with Crippen LogP contribution in [0.1, 0.15) is 44.7 Å². The van der Waals surface area contributed by atoms with Gasteiger partial charge in [-0.3, -0.25) is 19.3 Å². The van der Waals surface area contributed by atoms with Gasteiger partial charge in [0.15, 0.2) is 0 Å². The van der Waals surface area contributed by atoms with Crippen molar-refractivity contribution in [1.82, 2.24) is 9.88 Å². The van der Waals surface area contributed by atoms with E-state index in [1.54, 1.807) is 37.6 Å². The number of carbonyl (C=O) groups excluding carboxylic acids is 2. The fourth-order valence-electron chi connectivity index (χ4n) is 4.41. The first-order valence-corrected chi connectivity index (χ1v) is 11.8. The number of nitrogens with zero attached hydrogens (tertiary/aromatic N) is 2. The first kappa shape index (κ1) is 25.1. The van der Waals surface area contributed by atoms with E-state index in [9.17, 15) is 24.6 Å². The van der Waals surface area contributed by atoms with Crippen molar-refractivity contribution in [3.05, 3.63) is 83.0 Å². The first-order valence-electron chi connectivity index (χ1n) is 11.8. The molecular weight excluding hydrogens is 460 g/mol. The van der Waals surface area contributed by atoms with Gasteiger partial charge in [-0.15, -0.1) is 0 Å². The number of amides is 2. The molecule has 2 atom stereocenters. The lowest BCUT2D eigenvalue weighted by Gasteiger charge is -2.22. The lowest BCUT2D eigenvalue weighted by molar-refractivity contribution is -0.146. The number of hydrogen-bond donors (Lipinski definition) is 2. The predicted molar refractivity (Wildman–Crippen MR) is 133 cm³/mol. The molecule has 186 valence electrons. The van der Waals surface area contributed by atoms with Crippen LogP contribution in [-0.4, -0.2) is 57.6 Å². The predicted octanol–water partition coefficient (Wildman–Crippen LogP) is 3.75. The summed E-state index contributed by atoms with van der Waals surface area (Å²) in [6, 6.07) is 16.5. The summed E-state index contributed by atoms with van der Waals surface area (Å²) >= 11 is 0. The van der Waals surface area contributed by atoms with Crippen LogP contribution in [0.3, 0.4) is 0 Å². The largest absolute Gasteiger partial charge is 0.481 e. The van der Waals surface area contributed by atoms with E-state index < -0.39 is 29.8 Å². The summed E-state index contributed by atoms with van der Waals surface area (Å²) in [5.41, 5.74) is 4.40. The van der Waals surface area contributed by atoms with Gasteiger partial charge in [0, 0.05) is 24.4 Å². The lowest BCUT2D eigenvalue weighted by Crippen LogP contribution is -2.36. The molecule has 1 aromatic heterocycles. The Morgan fingerprint density at radius 1 is 0.972 bits per heavy atom. The van der Waals surface area contributed by atoms with Crippen LogP contribution in [0.2, 0.25) is 0 Å². The topological polar surface area (TPSA) is 117 Å². The van der Waals surface area contributed by atoms with Crippen LogP contribution in [0.15, 0.2) is 60.8 Å². The molecule has 0 bridgehead atoms. The third-order valence-corrected chi connectivity index (χ3v) is 6.53. The molecule has 2 heterocycles. The Bertz CT molecular complexity index is 1270. The smallest absolute Gasteiger partial charge is 0.309 e. The Morgan fingerprint density at radius 2 is 1.67 bits per heavy atom. The van der Waals surface area contributed by atoms with E-state index in [0.29, 0.717) is 23.4 Å². The van der Waals surface area contributed by atoms with Gasteiger partial charge in [0.25, 0.3) is 11.8 Å². The molecule has 0 spiro atoms. The number of aliphatic carboxylic acids is 1. The second-order valence-electron chi connectivity index (χ2n) is 8.94. The van der Waals surface area contributed by atoms with Crippen LogP contribution in [0.5, 0.6) is 5.88 Å². The molecule has 0 saturated heterocycles. The molecule has 36 heavy (non-hydrogen) atoms. The molecule has 4 rings (SSSR count). The SMILES string of the molecule is COc1ccc(-c2ccc(CC[C@@H](O)C(CCN3C(=O)c4ccc(C)cc4C3=O)C(=O)O)cc2)cn1. The van der Waals surface area contributed by atoms with Gasteiger partial charge in [0.1, 0.15) is 0 Å². The van der Waals surface area contributed by atoms with Gasteiger partial charge in [-0.25, -0.2) is 4.98 Å². The highest BCUT2D eigenvalue weighted by atomic mass is 16.5. The Labute approximate surface area is 209 Å². The van der Waals surface area contributed by atoms with Crippen LogP contribution in [0.25, 0.3) is 11.1 Å². The number of benzene rings is 2. The second kappa shape index (κ2) is 10.7. The summed E-state index contributed by atoms with van der Waals surface area (Å²) in [6.07, 6.45) is 1.31. The van der Waals surface area contributed by atoms with E-state index in [0.717, 1.165) is 27.2 Å². The summed E-state index contributed by atoms with van der Waals surface area (Å²) < 4.78 is 5.08. The van der Waals surface area contributed by atoms with E-state index >= 15 is 0 Å². The number of carbonyl (C=O) groups is 3. The number of aromatic nitrogens is 1.